The van der Waals surface area contributed by atoms with Crippen LogP contribution in [0.1, 0.15) is 38.5 Å². The van der Waals surface area contributed by atoms with Gasteiger partial charge in [0, 0.05) is 12.4 Å². The number of rotatable bonds is 2. The van der Waals surface area contributed by atoms with Crippen LogP contribution in [-0.4, -0.2) is 18.5 Å². The third-order valence-electron chi connectivity index (χ3n) is 4.04. The summed E-state index contributed by atoms with van der Waals surface area (Å²) in [6.07, 6.45) is 9.01. The SMILES string of the molecule is COC1CC2(CCC(CBr)CC2)C1. The van der Waals surface area contributed by atoms with Gasteiger partial charge in [-0.1, -0.05) is 15.9 Å². The lowest BCUT2D eigenvalue weighted by Crippen LogP contribution is -2.44. The quantitative estimate of drug-likeness (QED) is 0.680. The second-order valence-electron chi connectivity index (χ2n) is 4.86. The summed E-state index contributed by atoms with van der Waals surface area (Å²) in [4.78, 5) is 0. The van der Waals surface area contributed by atoms with Crippen molar-refractivity contribution in [3.05, 3.63) is 0 Å². The van der Waals surface area contributed by atoms with Crippen LogP contribution in [0.25, 0.3) is 0 Å². The molecule has 0 heterocycles. The van der Waals surface area contributed by atoms with Gasteiger partial charge in [-0.05, 0) is 49.9 Å². The second kappa shape index (κ2) is 3.90. The fourth-order valence-corrected chi connectivity index (χ4v) is 3.57. The van der Waals surface area contributed by atoms with E-state index in [0.29, 0.717) is 11.5 Å². The smallest absolute Gasteiger partial charge is 0.0582 e. The van der Waals surface area contributed by atoms with E-state index in [-0.39, 0.29) is 0 Å². The molecular weight excluding hydrogens is 228 g/mol. The molecule has 2 fully saturated rings. The zero-order valence-corrected chi connectivity index (χ0v) is 9.98. The summed E-state index contributed by atoms with van der Waals surface area (Å²) in [7, 11) is 1.85. The Labute approximate surface area is 89.4 Å². The minimum absolute atomic E-state index is 0.584. The first-order valence-electron chi connectivity index (χ1n) is 5.37. The summed E-state index contributed by atoms with van der Waals surface area (Å²) >= 11 is 3.59. The summed E-state index contributed by atoms with van der Waals surface area (Å²) in [5, 5.41) is 1.21. The van der Waals surface area contributed by atoms with Crippen LogP contribution in [0.15, 0.2) is 0 Å². The van der Waals surface area contributed by atoms with Crippen LogP contribution in [0, 0.1) is 11.3 Å². The Morgan fingerprint density at radius 3 is 2.38 bits per heavy atom. The largest absolute Gasteiger partial charge is 0.381 e. The van der Waals surface area contributed by atoms with Gasteiger partial charge in [0.05, 0.1) is 6.10 Å². The standard InChI is InChI=1S/C11H19BrO/c1-13-10-6-11(7-10)4-2-9(8-12)3-5-11/h9-10H,2-8H2,1H3. The molecule has 0 aromatic carbocycles. The van der Waals surface area contributed by atoms with E-state index in [0.717, 1.165) is 5.92 Å². The lowest BCUT2D eigenvalue weighted by atomic mass is 9.58. The molecule has 0 aromatic heterocycles. The van der Waals surface area contributed by atoms with E-state index in [2.05, 4.69) is 15.9 Å². The first kappa shape index (κ1) is 9.97. The third kappa shape index (κ3) is 1.94. The van der Waals surface area contributed by atoms with Gasteiger partial charge in [-0.25, -0.2) is 0 Å². The molecule has 1 spiro atoms. The topological polar surface area (TPSA) is 9.23 Å². The first-order chi connectivity index (χ1) is 6.28. The lowest BCUT2D eigenvalue weighted by Gasteiger charge is -2.50. The highest BCUT2D eigenvalue weighted by Gasteiger charge is 2.45. The van der Waals surface area contributed by atoms with Gasteiger partial charge in [-0.15, -0.1) is 0 Å². The Hall–Kier alpha value is 0.440. The summed E-state index contributed by atoms with van der Waals surface area (Å²) in [6.45, 7) is 0. The minimum Gasteiger partial charge on any atom is -0.381 e. The Morgan fingerprint density at radius 2 is 1.92 bits per heavy atom. The Morgan fingerprint density at radius 1 is 1.31 bits per heavy atom. The fourth-order valence-electron chi connectivity index (χ4n) is 2.93. The number of hydrogen-bond donors (Lipinski definition) is 0. The molecule has 0 bridgehead atoms. The molecule has 76 valence electrons. The molecule has 13 heavy (non-hydrogen) atoms. The number of ether oxygens (including phenoxy) is 1. The second-order valence-corrected chi connectivity index (χ2v) is 5.51. The molecular formula is C11H19BrO. The van der Waals surface area contributed by atoms with Gasteiger partial charge < -0.3 is 4.74 Å². The van der Waals surface area contributed by atoms with Crippen LogP contribution >= 0.6 is 15.9 Å². The van der Waals surface area contributed by atoms with Crippen molar-refractivity contribution in [2.45, 2.75) is 44.6 Å². The predicted octanol–water partition coefficient (Wildman–Crippen LogP) is 3.37. The van der Waals surface area contributed by atoms with Crippen molar-refractivity contribution in [2.75, 3.05) is 12.4 Å². The molecule has 0 unspecified atom stereocenters. The lowest BCUT2D eigenvalue weighted by molar-refractivity contribution is -0.0818. The van der Waals surface area contributed by atoms with Gasteiger partial charge in [0.1, 0.15) is 0 Å². The van der Waals surface area contributed by atoms with E-state index in [1.54, 1.807) is 0 Å². The summed E-state index contributed by atoms with van der Waals surface area (Å²) in [5.41, 5.74) is 0.708. The van der Waals surface area contributed by atoms with Crippen LogP contribution in [0.5, 0.6) is 0 Å². The summed E-state index contributed by atoms with van der Waals surface area (Å²) in [6, 6.07) is 0. The van der Waals surface area contributed by atoms with Crippen LogP contribution in [0.4, 0.5) is 0 Å². The van der Waals surface area contributed by atoms with Crippen molar-refractivity contribution < 1.29 is 4.74 Å². The van der Waals surface area contributed by atoms with Gasteiger partial charge in [0.25, 0.3) is 0 Å². The molecule has 0 radical (unpaired) electrons. The van der Waals surface area contributed by atoms with Crippen molar-refractivity contribution in [1.82, 2.24) is 0 Å². The van der Waals surface area contributed by atoms with E-state index >= 15 is 0 Å². The van der Waals surface area contributed by atoms with Crippen LogP contribution in [-0.2, 0) is 4.74 Å². The Bertz CT molecular complexity index is 165. The molecule has 2 aliphatic carbocycles. The van der Waals surface area contributed by atoms with E-state index in [1.165, 1.54) is 43.9 Å². The molecule has 1 nitrogen and oxygen atoms in total. The molecule has 0 saturated heterocycles. The molecule has 0 amide bonds. The van der Waals surface area contributed by atoms with Crippen molar-refractivity contribution >= 4 is 15.9 Å². The molecule has 2 aliphatic rings. The zero-order valence-electron chi connectivity index (χ0n) is 8.39. The molecule has 0 N–H and O–H groups in total. The molecule has 0 atom stereocenters. The van der Waals surface area contributed by atoms with E-state index < -0.39 is 0 Å². The van der Waals surface area contributed by atoms with E-state index in [4.69, 9.17) is 4.74 Å². The monoisotopic (exact) mass is 246 g/mol. The first-order valence-corrected chi connectivity index (χ1v) is 6.49. The molecule has 0 aliphatic heterocycles. The highest BCUT2D eigenvalue weighted by Crippen LogP contribution is 2.53. The number of halogens is 1. The van der Waals surface area contributed by atoms with Crippen molar-refractivity contribution in [3.8, 4) is 0 Å². The zero-order chi connectivity index (χ0) is 9.31. The van der Waals surface area contributed by atoms with Crippen LogP contribution < -0.4 is 0 Å². The number of methoxy groups -OCH3 is 1. The highest BCUT2D eigenvalue weighted by atomic mass is 79.9. The Balaban J connectivity index is 1.79. The van der Waals surface area contributed by atoms with Crippen molar-refractivity contribution in [3.63, 3.8) is 0 Å². The minimum atomic E-state index is 0.584. The van der Waals surface area contributed by atoms with Crippen LogP contribution in [0.2, 0.25) is 0 Å². The normalized spacial score (nSPS) is 44.8. The predicted molar refractivity (Wildman–Crippen MR) is 58.2 cm³/mol. The Kier molecular flexibility index (Phi) is 2.99. The molecule has 0 aromatic rings. The number of alkyl halides is 1. The maximum Gasteiger partial charge on any atom is 0.0582 e. The van der Waals surface area contributed by atoms with Crippen molar-refractivity contribution in [2.24, 2.45) is 11.3 Å². The molecule has 2 heteroatoms. The number of hydrogen-bond acceptors (Lipinski definition) is 1. The van der Waals surface area contributed by atoms with Crippen molar-refractivity contribution in [1.29, 1.82) is 0 Å². The average molecular weight is 247 g/mol. The highest BCUT2D eigenvalue weighted by molar-refractivity contribution is 9.09. The van der Waals surface area contributed by atoms with Gasteiger partial charge in [-0.2, -0.15) is 0 Å². The third-order valence-corrected chi connectivity index (χ3v) is 4.95. The fraction of sp³-hybridized carbons (Fsp3) is 1.00. The molecule has 2 saturated carbocycles. The maximum absolute atomic E-state index is 5.36. The van der Waals surface area contributed by atoms with Gasteiger partial charge in [0.15, 0.2) is 0 Å². The van der Waals surface area contributed by atoms with Gasteiger partial charge in [-0.3, -0.25) is 0 Å². The van der Waals surface area contributed by atoms with E-state index in [1.807, 2.05) is 7.11 Å². The van der Waals surface area contributed by atoms with Gasteiger partial charge in [0.2, 0.25) is 0 Å². The maximum atomic E-state index is 5.36. The summed E-state index contributed by atoms with van der Waals surface area (Å²) in [5.74, 6) is 0.951. The van der Waals surface area contributed by atoms with E-state index in [9.17, 15) is 0 Å². The van der Waals surface area contributed by atoms with Crippen LogP contribution in [0.3, 0.4) is 0 Å². The summed E-state index contributed by atoms with van der Waals surface area (Å²) < 4.78 is 5.36. The van der Waals surface area contributed by atoms with Gasteiger partial charge >= 0.3 is 0 Å². The molecule has 2 rings (SSSR count). The average Bonchev–Trinajstić information content (AvgIpc) is 2.14.